The number of aliphatic hydroxyl groups excluding tert-OH is 3. The van der Waals surface area contributed by atoms with Gasteiger partial charge in [0.2, 0.25) is 0 Å². The predicted octanol–water partition coefficient (Wildman–Crippen LogP) is 2.36. The van der Waals surface area contributed by atoms with Crippen molar-refractivity contribution in [3.8, 4) is 11.5 Å². The quantitative estimate of drug-likeness (QED) is 0.195. The van der Waals surface area contributed by atoms with Gasteiger partial charge in [0.1, 0.15) is 24.7 Å². The van der Waals surface area contributed by atoms with Gasteiger partial charge >= 0.3 is 0 Å². The molecule has 9 nitrogen and oxygen atoms in total. The lowest BCUT2D eigenvalue weighted by molar-refractivity contribution is 0.0246. The van der Waals surface area contributed by atoms with E-state index in [1.165, 1.54) is 0 Å². The van der Waals surface area contributed by atoms with E-state index in [0.29, 0.717) is 72.5 Å². The van der Waals surface area contributed by atoms with Gasteiger partial charge < -0.3 is 43.7 Å². The van der Waals surface area contributed by atoms with Crippen LogP contribution >= 0.6 is 0 Å². The summed E-state index contributed by atoms with van der Waals surface area (Å²) in [6, 6.07) is 14.2. The summed E-state index contributed by atoms with van der Waals surface area (Å²) in [6.07, 6.45) is 0.498. The third-order valence-corrected chi connectivity index (χ3v) is 5.94. The first-order valence-corrected chi connectivity index (χ1v) is 13.2. The molecule has 9 heteroatoms. The minimum atomic E-state index is -0.267. The Kier molecular flexibility index (Phi) is 15.9. The normalized spacial score (nSPS) is 11.6. The molecule has 0 aliphatic carbocycles. The van der Waals surface area contributed by atoms with Crippen LogP contribution in [0.5, 0.6) is 11.5 Å². The molecule has 0 aromatic heterocycles. The highest BCUT2D eigenvalue weighted by Gasteiger charge is 2.24. The second-order valence-electron chi connectivity index (χ2n) is 9.04. The molecule has 2 aromatic rings. The number of aliphatic hydroxyl groups is 3. The summed E-state index contributed by atoms with van der Waals surface area (Å²) in [5.74, 6) is 1.52. The molecule has 214 valence electrons. The Morgan fingerprint density at radius 1 is 0.553 bits per heavy atom. The monoisotopic (exact) mass is 536 g/mol. The molecule has 0 saturated heterocycles. The number of ether oxygens (including phenoxy) is 6. The highest BCUT2D eigenvalue weighted by molar-refractivity contribution is 5.45. The van der Waals surface area contributed by atoms with Crippen LogP contribution in [0.3, 0.4) is 0 Å². The molecule has 0 atom stereocenters. The van der Waals surface area contributed by atoms with Gasteiger partial charge in [0.05, 0.1) is 66.1 Å². The smallest absolute Gasteiger partial charge is 0.122 e. The summed E-state index contributed by atoms with van der Waals surface area (Å²) in [7, 11) is 0. The molecular formula is C29H44O9. The Labute approximate surface area is 226 Å². The molecule has 0 spiro atoms. The number of hydrogen-bond acceptors (Lipinski definition) is 9. The Bertz CT molecular complexity index is 871. The van der Waals surface area contributed by atoms with Gasteiger partial charge in [0.25, 0.3) is 0 Å². The first-order chi connectivity index (χ1) is 18.5. The van der Waals surface area contributed by atoms with Gasteiger partial charge in [-0.15, -0.1) is 0 Å². The third-order valence-electron chi connectivity index (χ3n) is 5.94. The lowest BCUT2D eigenvalue weighted by atomic mass is 9.77. The summed E-state index contributed by atoms with van der Waals surface area (Å²) < 4.78 is 33.0. The molecule has 3 N–H and O–H groups in total. The van der Waals surface area contributed by atoms with Crippen molar-refractivity contribution in [1.29, 1.82) is 0 Å². The van der Waals surface area contributed by atoms with Crippen LogP contribution < -0.4 is 9.47 Å². The molecule has 0 aliphatic heterocycles. The average molecular weight is 537 g/mol. The minimum absolute atomic E-state index is 0.00406. The maximum absolute atomic E-state index is 9.60. The number of hydrogen-bond donors (Lipinski definition) is 3. The fourth-order valence-electron chi connectivity index (χ4n) is 3.76. The zero-order valence-corrected chi connectivity index (χ0v) is 22.7. The third kappa shape index (κ3) is 11.7. The van der Waals surface area contributed by atoms with E-state index in [0.717, 1.165) is 28.2 Å². The lowest BCUT2D eigenvalue weighted by Crippen LogP contribution is -2.19. The van der Waals surface area contributed by atoms with E-state index >= 15 is 0 Å². The summed E-state index contributed by atoms with van der Waals surface area (Å²) in [4.78, 5) is 0. The van der Waals surface area contributed by atoms with Crippen molar-refractivity contribution >= 4 is 0 Å². The van der Waals surface area contributed by atoms with Gasteiger partial charge in [-0.05, 0) is 41.3 Å². The molecule has 0 aliphatic rings. The van der Waals surface area contributed by atoms with Crippen molar-refractivity contribution in [1.82, 2.24) is 0 Å². The maximum atomic E-state index is 9.60. The molecule has 2 rings (SSSR count). The standard InChI is InChI=1S/C29H44O9/c1-29(2,25-3-6-27(7-4-25)37-21-19-35-17-15-33-13-11-31)26-5-8-28(24(23-26)9-10-30)38-22-20-36-18-16-34-14-12-32/h3-8,23,30-32H,9-22H2,1-2H3. The van der Waals surface area contributed by atoms with Crippen LogP contribution in [0, 0.1) is 0 Å². The second kappa shape index (κ2) is 18.9. The summed E-state index contributed by atoms with van der Waals surface area (Å²) >= 11 is 0. The van der Waals surface area contributed by atoms with Crippen LogP contribution in [0.1, 0.15) is 30.5 Å². The van der Waals surface area contributed by atoms with Gasteiger partial charge in [0.15, 0.2) is 0 Å². The van der Waals surface area contributed by atoms with Gasteiger partial charge in [-0.2, -0.15) is 0 Å². The summed E-state index contributed by atoms with van der Waals surface area (Å²) in [5.41, 5.74) is 2.95. The van der Waals surface area contributed by atoms with E-state index in [1.807, 2.05) is 18.2 Å². The minimum Gasteiger partial charge on any atom is -0.491 e. The summed E-state index contributed by atoms with van der Waals surface area (Å²) in [5, 5.41) is 27.0. The van der Waals surface area contributed by atoms with Crippen molar-refractivity contribution in [2.24, 2.45) is 0 Å². The van der Waals surface area contributed by atoms with E-state index in [-0.39, 0.29) is 25.2 Å². The van der Waals surface area contributed by atoms with Crippen LogP contribution in [-0.2, 0) is 30.8 Å². The zero-order chi connectivity index (χ0) is 27.5. The van der Waals surface area contributed by atoms with Crippen LogP contribution in [-0.4, -0.2) is 101 Å². The Morgan fingerprint density at radius 2 is 1.05 bits per heavy atom. The van der Waals surface area contributed by atoms with E-state index in [1.54, 1.807) is 0 Å². The van der Waals surface area contributed by atoms with Gasteiger partial charge in [-0.25, -0.2) is 0 Å². The average Bonchev–Trinajstić information content (AvgIpc) is 2.92. The SMILES string of the molecule is CC(C)(c1ccc(OCCOCCOCCO)cc1)c1ccc(OCCOCCOCCO)c(CCO)c1. The topological polar surface area (TPSA) is 116 Å². The summed E-state index contributed by atoms with van der Waals surface area (Å²) in [6.45, 7) is 8.54. The van der Waals surface area contributed by atoms with Crippen LogP contribution in [0.15, 0.2) is 42.5 Å². The maximum Gasteiger partial charge on any atom is 0.122 e. The van der Waals surface area contributed by atoms with Gasteiger partial charge in [-0.1, -0.05) is 38.1 Å². The number of benzene rings is 2. The molecule has 0 fully saturated rings. The Morgan fingerprint density at radius 3 is 1.61 bits per heavy atom. The fraction of sp³-hybridized carbons (Fsp3) is 0.586. The molecule has 2 aromatic carbocycles. The molecule has 0 unspecified atom stereocenters. The predicted molar refractivity (Wildman–Crippen MR) is 144 cm³/mol. The molecule has 0 bridgehead atoms. The first-order valence-electron chi connectivity index (χ1n) is 13.2. The lowest BCUT2D eigenvalue weighted by Gasteiger charge is -2.27. The van der Waals surface area contributed by atoms with E-state index < -0.39 is 0 Å². The fourth-order valence-corrected chi connectivity index (χ4v) is 3.76. The molecular weight excluding hydrogens is 492 g/mol. The molecule has 0 amide bonds. The second-order valence-corrected chi connectivity index (χ2v) is 9.04. The van der Waals surface area contributed by atoms with Crippen molar-refractivity contribution < 1.29 is 43.7 Å². The molecule has 0 radical (unpaired) electrons. The van der Waals surface area contributed by atoms with Crippen LogP contribution in [0.4, 0.5) is 0 Å². The first kappa shape index (κ1) is 32.0. The Balaban J connectivity index is 1.87. The zero-order valence-electron chi connectivity index (χ0n) is 22.7. The van der Waals surface area contributed by atoms with Gasteiger partial charge in [-0.3, -0.25) is 0 Å². The molecule has 38 heavy (non-hydrogen) atoms. The van der Waals surface area contributed by atoms with E-state index in [4.69, 9.17) is 38.6 Å². The van der Waals surface area contributed by atoms with Gasteiger partial charge in [0, 0.05) is 12.0 Å². The highest BCUT2D eigenvalue weighted by atomic mass is 16.6. The van der Waals surface area contributed by atoms with Crippen molar-refractivity contribution in [3.05, 3.63) is 59.2 Å². The van der Waals surface area contributed by atoms with Crippen molar-refractivity contribution in [3.63, 3.8) is 0 Å². The van der Waals surface area contributed by atoms with Crippen molar-refractivity contribution in [2.75, 3.05) is 85.9 Å². The van der Waals surface area contributed by atoms with Crippen LogP contribution in [0.25, 0.3) is 0 Å². The van der Waals surface area contributed by atoms with E-state index in [2.05, 4.69) is 38.1 Å². The van der Waals surface area contributed by atoms with Crippen LogP contribution in [0.2, 0.25) is 0 Å². The molecule has 0 saturated carbocycles. The number of rotatable bonds is 22. The largest absolute Gasteiger partial charge is 0.491 e. The highest BCUT2D eigenvalue weighted by Crippen LogP contribution is 2.35. The Hall–Kier alpha value is -2.24. The molecule has 0 heterocycles. The van der Waals surface area contributed by atoms with E-state index in [9.17, 15) is 5.11 Å². The van der Waals surface area contributed by atoms with Crippen molar-refractivity contribution in [2.45, 2.75) is 25.7 Å².